The van der Waals surface area contributed by atoms with Gasteiger partial charge in [-0.3, -0.25) is 19.7 Å². The van der Waals surface area contributed by atoms with Gasteiger partial charge in [-0.1, -0.05) is 0 Å². The molecular weight excluding hydrogens is 374 g/mol. The van der Waals surface area contributed by atoms with Crippen LogP contribution in [-0.2, 0) is 4.79 Å². The van der Waals surface area contributed by atoms with Crippen LogP contribution in [0, 0.1) is 10.1 Å². The molecule has 1 aromatic carbocycles. The fourth-order valence-electron chi connectivity index (χ4n) is 3.95. The molecule has 2 heterocycles. The van der Waals surface area contributed by atoms with Crippen LogP contribution in [0.25, 0.3) is 0 Å². The van der Waals surface area contributed by atoms with Gasteiger partial charge in [0.25, 0.3) is 11.6 Å². The molecule has 0 aromatic heterocycles. The monoisotopic (exact) mass is 403 g/mol. The Hall–Kier alpha value is -2.68. The normalized spacial score (nSPS) is 17.4. The van der Waals surface area contributed by atoms with E-state index >= 15 is 0 Å². The van der Waals surface area contributed by atoms with Gasteiger partial charge >= 0.3 is 0 Å². The van der Waals surface area contributed by atoms with E-state index in [1.165, 1.54) is 25.8 Å². The molecule has 158 valence electrons. The molecule has 9 nitrogen and oxygen atoms in total. The molecule has 0 unspecified atom stereocenters. The minimum absolute atomic E-state index is 0.0112. The third kappa shape index (κ3) is 5.03. The molecule has 0 bridgehead atoms. The van der Waals surface area contributed by atoms with Crippen molar-refractivity contribution in [3.8, 4) is 0 Å². The lowest BCUT2D eigenvalue weighted by Gasteiger charge is -2.35. The number of carbonyl (C=O) groups excluding carboxylic acids is 2. The quantitative estimate of drug-likeness (QED) is 0.527. The van der Waals surface area contributed by atoms with E-state index in [1.54, 1.807) is 29.0 Å². The molecule has 2 aliphatic rings. The van der Waals surface area contributed by atoms with Crippen LogP contribution in [0.2, 0.25) is 0 Å². The van der Waals surface area contributed by atoms with E-state index in [-0.39, 0.29) is 17.5 Å². The van der Waals surface area contributed by atoms with Crippen LogP contribution in [0.5, 0.6) is 0 Å². The Labute approximate surface area is 171 Å². The van der Waals surface area contributed by atoms with Crippen LogP contribution < -0.4 is 4.90 Å². The van der Waals surface area contributed by atoms with E-state index in [1.807, 2.05) is 4.90 Å². The number of rotatable bonds is 6. The van der Waals surface area contributed by atoms with Gasteiger partial charge in [0.2, 0.25) is 5.91 Å². The summed E-state index contributed by atoms with van der Waals surface area (Å²) in [6.07, 6.45) is 2.40. The molecule has 1 aromatic rings. The molecule has 3 rings (SSSR count). The number of amides is 2. The van der Waals surface area contributed by atoms with Crippen LogP contribution in [0.15, 0.2) is 18.2 Å². The van der Waals surface area contributed by atoms with Gasteiger partial charge in [0.15, 0.2) is 0 Å². The van der Waals surface area contributed by atoms with Gasteiger partial charge in [0, 0.05) is 64.9 Å². The number of piperazine rings is 1. The minimum Gasteiger partial charge on any atom is -0.362 e. The highest BCUT2D eigenvalue weighted by atomic mass is 16.6. The third-order valence-corrected chi connectivity index (χ3v) is 5.78. The molecule has 2 fully saturated rings. The number of nitrogens with zero attached hydrogens (tertiary/aromatic N) is 5. The Morgan fingerprint density at radius 1 is 1.10 bits per heavy atom. The Kier molecular flexibility index (Phi) is 6.68. The van der Waals surface area contributed by atoms with Crippen molar-refractivity contribution in [1.82, 2.24) is 14.7 Å². The second kappa shape index (κ2) is 9.21. The average molecular weight is 403 g/mol. The number of likely N-dealkylation sites (tertiary alicyclic amines) is 1. The van der Waals surface area contributed by atoms with E-state index in [2.05, 4.69) is 4.90 Å². The molecule has 0 atom stereocenters. The van der Waals surface area contributed by atoms with Crippen molar-refractivity contribution >= 4 is 23.2 Å². The number of likely N-dealkylation sites (N-methyl/N-ethyl adjacent to an activating group) is 1. The highest BCUT2D eigenvalue weighted by Gasteiger charge is 2.26. The largest absolute Gasteiger partial charge is 0.362 e. The van der Waals surface area contributed by atoms with Crippen molar-refractivity contribution in [2.24, 2.45) is 0 Å². The Morgan fingerprint density at radius 3 is 2.34 bits per heavy atom. The fourth-order valence-corrected chi connectivity index (χ4v) is 3.95. The van der Waals surface area contributed by atoms with Gasteiger partial charge in [-0.25, -0.2) is 0 Å². The van der Waals surface area contributed by atoms with Gasteiger partial charge in [-0.2, -0.15) is 0 Å². The maximum absolute atomic E-state index is 12.8. The van der Waals surface area contributed by atoms with Gasteiger partial charge in [0.05, 0.1) is 4.92 Å². The van der Waals surface area contributed by atoms with Crippen molar-refractivity contribution in [2.45, 2.75) is 19.8 Å². The predicted octanol–water partition coefficient (Wildman–Crippen LogP) is 1.43. The van der Waals surface area contributed by atoms with E-state index in [0.29, 0.717) is 44.0 Å². The zero-order valence-corrected chi connectivity index (χ0v) is 17.2. The average Bonchev–Trinajstić information content (AvgIpc) is 3.24. The molecule has 0 spiro atoms. The van der Waals surface area contributed by atoms with E-state index in [0.717, 1.165) is 19.6 Å². The van der Waals surface area contributed by atoms with Crippen LogP contribution >= 0.6 is 0 Å². The molecule has 0 N–H and O–H groups in total. The lowest BCUT2D eigenvalue weighted by molar-refractivity contribution is -0.384. The molecule has 2 amide bonds. The minimum atomic E-state index is -0.437. The third-order valence-electron chi connectivity index (χ3n) is 5.78. The summed E-state index contributed by atoms with van der Waals surface area (Å²) in [7, 11) is 1.74. The van der Waals surface area contributed by atoms with Crippen LogP contribution in [0.3, 0.4) is 0 Å². The summed E-state index contributed by atoms with van der Waals surface area (Å²) in [6, 6.07) is 4.69. The topological polar surface area (TPSA) is 90.2 Å². The standard InChI is InChI=1S/C20H29N5O4/c1-16(26)23-11-13-24(14-12-23)18-6-5-17(15-19(18)25(28)29)20(27)21(2)9-10-22-7-3-4-8-22/h5-6,15H,3-4,7-14H2,1-2H3. The van der Waals surface area contributed by atoms with Crippen LogP contribution in [-0.4, -0.2) is 90.8 Å². The second-order valence-corrected chi connectivity index (χ2v) is 7.73. The van der Waals surface area contributed by atoms with Crippen molar-refractivity contribution in [3.63, 3.8) is 0 Å². The van der Waals surface area contributed by atoms with Gasteiger partial charge in [-0.05, 0) is 38.1 Å². The summed E-state index contributed by atoms with van der Waals surface area (Å²) in [6.45, 7) is 7.22. The summed E-state index contributed by atoms with van der Waals surface area (Å²) in [4.78, 5) is 43.1. The van der Waals surface area contributed by atoms with E-state index in [4.69, 9.17) is 0 Å². The Balaban J connectivity index is 1.69. The first-order valence-electron chi connectivity index (χ1n) is 10.1. The first-order valence-corrected chi connectivity index (χ1v) is 10.1. The van der Waals surface area contributed by atoms with Gasteiger partial charge < -0.3 is 19.6 Å². The highest BCUT2D eigenvalue weighted by Crippen LogP contribution is 2.30. The lowest BCUT2D eigenvalue weighted by atomic mass is 10.1. The molecular formula is C20H29N5O4. The lowest BCUT2D eigenvalue weighted by Crippen LogP contribution is -2.48. The number of nitro groups is 1. The zero-order chi connectivity index (χ0) is 21.0. The molecule has 2 aliphatic heterocycles. The predicted molar refractivity (Wildman–Crippen MR) is 110 cm³/mol. The summed E-state index contributed by atoms with van der Waals surface area (Å²) in [5.74, 6) is -0.197. The molecule has 9 heteroatoms. The summed E-state index contributed by atoms with van der Waals surface area (Å²) >= 11 is 0. The fraction of sp³-hybridized carbons (Fsp3) is 0.600. The summed E-state index contributed by atoms with van der Waals surface area (Å²) < 4.78 is 0. The first-order chi connectivity index (χ1) is 13.9. The van der Waals surface area contributed by atoms with Crippen molar-refractivity contribution in [1.29, 1.82) is 0 Å². The molecule has 29 heavy (non-hydrogen) atoms. The van der Waals surface area contributed by atoms with Crippen LogP contribution in [0.1, 0.15) is 30.1 Å². The number of benzene rings is 1. The van der Waals surface area contributed by atoms with Gasteiger partial charge in [0.1, 0.15) is 5.69 Å². The van der Waals surface area contributed by atoms with Crippen LogP contribution in [0.4, 0.5) is 11.4 Å². The first kappa shape index (κ1) is 21.0. The summed E-state index contributed by atoms with van der Waals surface area (Å²) in [5.41, 5.74) is 0.751. The number of hydrogen-bond acceptors (Lipinski definition) is 6. The Bertz CT molecular complexity index is 770. The van der Waals surface area contributed by atoms with Crippen molar-refractivity contribution in [2.75, 3.05) is 64.3 Å². The number of nitro benzene ring substituents is 1. The number of hydrogen-bond donors (Lipinski definition) is 0. The number of anilines is 1. The Morgan fingerprint density at radius 2 is 1.76 bits per heavy atom. The zero-order valence-electron chi connectivity index (χ0n) is 17.2. The molecule has 0 saturated carbocycles. The SMILES string of the molecule is CC(=O)N1CCN(c2ccc(C(=O)N(C)CCN3CCCC3)cc2[N+](=O)[O-])CC1. The molecule has 0 aliphatic carbocycles. The maximum Gasteiger partial charge on any atom is 0.293 e. The maximum atomic E-state index is 12.8. The highest BCUT2D eigenvalue weighted by molar-refractivity contribution is 5.95. The molecule has 2 saturated heterocycles. The van der Waals surface area contributed by atoms with Crippen molar-refractivity contribution < 1.29 is 14.5 Å². The second-order valence-electron chi connectivity index (χ2n) is 7.73. The molecule has 0 radical (unpaired) electrons. The number of carbonyl (C=O) groups is 2. The smallest absolute Gasteiger partial charge is 0.293 e. The summed E-state index contributed by atoms with van der Waals surface area (Å²) in [5, 5.41) is 11.7. The van der Waals surface area contributed by atoms with E-state index < -0.39 is 4.92 Å². The van der Waals surface area contributed by atoms with Gasteiger partial charge in [-0.15, -0.1) is 0 Å². The van der Waals surface area contributed by atoms with Crippen molar-refractivity contribution in [3.05, 3.63) is 33.9 Å². The van der Waals surface area contributed by atoms with E-state index in [9.17, 15) is 19.7 Å².